The van der Waals surface area contributed by atoms with Crippen molar-refractivity contribution in [3.63, 3.8) is 0 Å². The van der Waals surface area contributed by atoms with Gasteiger partial charge in [-0.2, -0.15) is 0 Å². The SMILES string of the molecule is CCN(C(=O)c1cc(F)ccc1Oc1cncnc1NCC1CCN(C(=O)OC(C)(C)C)CC1)C(C)C. The van der Waals surface area contributed by atoms with E-state index < -0.39 is 11.4 Å². The van der Waals surface area contributed by atoms with Gasteiger partial charge in [-0.1, -0.05) is 0 Å². The van der Waals surface area contributed by atoms with Crippen LogP contribution in [-0.4, -0.2) is 69.6 Å². The van der Waals surface area contributed by atoms with Crippen molar-refractivity contribution in [2.45, 2.75) is 66.0 Å². The molecule has 0 bridgehead atoms. The van der Waals surface area contributed by atoms with E-state index in [-0.39, 0.29) is 29.4 Å². The highest BCUT2D eigenvalue weighted by molar-refractivity contribution is 5.97. The molecule has 10 heteroatoms. The van der Waals surface area contributed by atoms with Gasteiger partial charge in [0.1, 0.15) is 23.5 Å². The van der Waals surface area contributed by atoms with Crippen LogP contribution in [0.1, 0.15) is 64.7 Å². The molecule has 0 radical (unpaired) electrons. The van der Waals surface area contributed by atoms with Crippen LogP contribution in [0.5, 0.6) is 11.5 Å². The Morgan fingerprint density at radius 1 is 1.22 bits per heavy atom. The number of aromatic nitrogens is 2. The summed E-state index contributed by atoms with van der Waals surface area (Å²) in [6.07, 6.45) is 4.29. The standard InChI is InChI=1S/C27H38FN5O4/c1-7-33(18(2)3)25(34)21-14-20(28)8-9-22(21)36-23-16-29-17-31-24(23)30-15-19-10-12-32(13-11-19)26(35)37-27(4,5)6/h8-9,14,16-19H,7,10-13,15H2,1-6H3,(H,29,30,31). The minimum atomic E-state index is -0.518. The lowest BCUT2D eigenvalue weighted by Crippen LogP contribution is -2.42. The third-order valence-corrected chi connectivity index (χ3v) is 6.12. The molecular formula is C27H38FN5O4. The van der Waals surface area contributed by atoms with Gasteiger partial charge in [-0.3, -0.25) is 4.79 Å². The Labute approximate surface area is 218 Å². The molecule has 2 amide bonds. The number of carbonyl (C=O) groups excluding carboxylic acids is 2. The number of nitrogens with zero attached hydrogens (tertiary/aromatic N) is 4. The van der Waals surface area contributed by atoms with E-state index in [1.807, 2.05) is 41.5 Å². The summed E-state index contributed by atoms with van der Waals surface area (Å²) >= 11 is 0. The van der Waals surface area contributed by atoms with Crippen molar-refractivity contribution in [2.75, 3.05) is 31.5 Å². The van der Waals surface area contributed by atoms with Gasteiger partial charge in [0.2, 0.25) is 0 Å². The Hall–Kier alpha value is -3.43. The maximum atomic E-state index is 14.1. The molecule has 1 N–H and O–H groups in total. The molecule has 0 spiro atoms. The molecule has 9 nitrogen and oxygen atoms in total. The van der Waals surface area contributed by atoms with E-state index in [0.717, 1.165) is 12.8 Å². The molecule has 2 aromatic rings. The van der Waals surface area contributed by atoms with Gasteiger partial charge < -0.3 is 24.6 Å². The topological polar surface area (TPSA) is 96.9 Å². The molecule has 1 aliphatic heterocycles. The number of benzene rings is 1. The van der Waals surface area contributed by atoms with Gasteiger partial charge in [0.25, 0.3) is 5.91 Å². The van der Waals surface area contributed by atoms with E-state index in [1.54, 1.807) is 9.80 Å². The van der Waals surface area contributed by atoms with Gasteiger partial charge in [0.05, 0.1) is 11.8 Å². The van der Waals surface area contributed by atoms with E-state index in [4.69, 9.17) is 9.47 Å². The van der Waals surface area contributed by atoms with Gasteiger partial charge >= 0.3 is 6.09 Å². The zero-order chi connectivity index (χ0) is 27.2. The van der Waals surface area contributed by atoms with Crippen LogP contribution >= 0.6 is 0 Å². The van der Waals surface area contributed by atoms with Crippen molar-refractivity contribution in [1.82, 2.24) is 19.8 Å². The summed E-state index contributed by atoms with van der Waals surface area (Å²) in [5, 5.41) is 3.32. The first kappa shape index (κ1) is 28.1. The summed E-state index contributed by atoms with van der Waals surface area (Å²) < 4.78 is 25.6. The number of hydrogen-bond donors (Lipinski definition) is 1. The van der Waals surface area contributed by atoms with Crippen LogP contribution in [0.25, 0.3) is 0 Å². The Balaban J connectivity index is 1.67. The zero-order valence-electron chi connectivity index (χ0n) is 22.6. The monoisotopic (exact) mass is 515 g/mol. The Bertz CT molecular complexity index is 1080. The number of halogens is 1. The van der Waals surface area contributed by atoms with Gasteiger partial charge in [0.15, 0.2) is 11.6 Å². The van der Waals surface area contributed by atoms with E-state index >= 15 is 0 Å². The summed E-state index contributed by atoms with van der Waals surface area (Å²) in [4.78, 5) is 37.2. The van der Waals surface area contributed by atoms with Crippen molar-refractivity contribution in [2.24, 2.45) is 5.92 Å². The number of amides is 2. The molecule has 2 heterocycles. The fraction of sp³-hybridized carbons (Fsp3) is 0.556. The highest BCUT2D eigenvalue weighted by atomic mass is 19.1. The number of piperidine rings is 1. The normalized spacial score (nSPS) is 14.4. The molecule has 1 aliphatic rings. The number of carbonyl (C=O) groups is 2. The number of nitrogens with one attached hydrogen (secondary N) is 1. The number of rotatable bonds is 8. The van der Waals surface area contributed by atoms with Crippen LogP contribution in [0.3, 0.4) is 0 Å². The first-order valence-electron chi connectivity index (χ1n) is 12.8. The van der Waals surface area contributed by atoms with Crippen LogP contribution in [0.2, 0.25) is 0 Å². The highest BCUT2D eigenvalue weighted by Gasteiger charge is 2.27. The van der Waals surface area contributed by atoms with Crippen molar-refractivity contribution < 1.29 is 23.5 Å². The molecule has 0 saturated carbocycles. The Kier molecular flexibility index (Phi) is 9.29. The van der Waals surface area contributed by atoms with E-state index in [1.165, 1.54) is 30.7 Å². The smallest absolute Gasteiger partial charge is 0.410 e. The number of hydrogen-bond acceptors (Lipinski definition) is 7. The quantitative estimate of drug-likeness (QED) is 0.507. The molecule has 1 saturated heterocycles. The average Bonchev–Trinajstić information content (AvgIpc) is 2.84. The molecule has 0 aliphatic carbocycles. The molecular weight excluding hydrogens is 477 g/mol. The van der Waals surface area contributed by atoms with Crippen LogP contribution in [0, 0.1) is 11.7 Å². The summed E-state index contributed by atoms with van der Waals surface area (Å²) in [6, 6.07) is 3.85. The number of anilines is 1. The predicted molar refractivity (Wildman–Crippen MR) is 139 cm³/mol. The second kappa shape index (κ2) is 12.2. The lowest BCUT2D eigenvalue weighted by Gasteiger charge is -2.33. The second-order valence-corrected chi connectivity index (χ2v) is 10.5. The third kappa shape index (κ3) is 7.77. The number of ether oxygens (including phenoxy) is 2. The molecule has 0 atom stereocenters. The third-order valence-electron chi connectivity index (χ3n) is 6.12. The number of likely N-dealkylation sites (tertiary alicyclic amines) is 1. The molecule has 0 unspecified atom stereocenters. The van der Waals surface area contributed by atoms with Crippen molar-refractivity contribution >= 4 is 17.8 Å². The van der Waals surface area contributed by atoms with E-state index in [2.05, 4.69) is 15.3 Å². The molecule has 1 fully saturated rings. The maximum Gasteiger partial charge on any atom is 0.410 e. The lowest BCUT2D eigenvalue weighted by molar-refractivity contribution is 0.0188. The first-order chi connectivity index (χ1) is 17.5. The van der Waals surface area contributed by atoms with Crippen LogP contribution in [0.15, 0.2) is 30.7 Å². The van der Waals surface area contributed by atoms with Crippen molar-refractivity contribution in [3.05, 3.63) is 42.1 Å². The van der Waals surface area contributed by atoms with E-state index in [9.17, 15) is 14.0 Å². The fourth-order valence-corrected chi connectivity index (χ4v) is 4.19. The van der Waals surface area contributed by atoms with Crippen LogP contribution in [-0.2, 0) is 4.74 Å². The zero-order valence-corrected chi connectivity index (χ0v) is 22.6. The minimum absolute atomic E-state index is 0.0485. The Morgan fingerprint density at radius 2 is 1.92 bits per heavy atom. The molecule has 37 heavy (non-hydrogen) atoms. The van der Waals surface area contributed by atoms with Crippen molar-refractivity contribution in [3.8, 4) is 11.5 Å². The van der Waals surface area contributed by atoms with Gasteiger partial charge in [-0.15, -0.1) is 0 Å². The predicted octanol–water partition coefficient (Wildman–Crippen LogP) is 5.34. The van der Waals surface area contributed by atoms with Crippen LogP contribution < -0.4 is 10.1 Å². The Morgan fingerprint density at radius 3 is 2.54 bits per heavy atom. The second-order valence-electron chi connectivity index (χ2n) is 10.5. The highest BCUT2D eigenvalue weighted by Crippen LogP contribution is 2.31. The largest absolute Gasteiger partial charge is 0.451 e. The molecule has 1 aromatic heterocycles. The minimum Gasteiger partial charge on any atom is -0.451 e. The van der Waals surface area contributed by atoms with Gasteiger partial charge in [0, 0.05) is 32.2 Å². The first-order valence-corrected chi connectivity index (χ1v) is 12.8. The summed E-state index contributed by atoms with van der Waals surface area (Å²) in [6.45, 7) is 13.6. The maximum absolute atomic E-state index is 14.1. The summed E-state index contributed by atoms with van der Waals surface area (Å²) in [5.41, 5.74) is -0.378. The fourth-order valence-electron chi connectivity index (χ4n) is 4.19. The molecule has 202 valence electrons. The molecule has 3 rings (SSSR count). The van der Waals surface area contributed by atoms with E-state index in [0.29, 0.717) is 43.7 Å². The van der Waals surface area contributed by atoms with Gasteiger partial charge in [-0.25, -0.2) is 19.2 Å². The van der Waals surface area contributed by atoms with Crippen LogP contribution in [0.4, 0.5) is 15.0 Å². The summed E-state index contributed by atoms with van der Waals surface area (Å²) in [5.74, 6) is 0.541. The van der Waals surface area contributed by atoms with Crippen molar-refractivity contribution in [1.29, 1.82) is 0 Å². The summed E-state index contributed by atoms with van der Waals surface area (Å²) in [7, 11) is 0. The average molecular weight is 516 g/mol. The lowest BCUT2D eigenvalue weighted by atomic mass is 9.97. The van der Waals surface area contributed by atoms with Gasteiger partial charge in [-0.05, 0) is 78.5 Å². The molecule has 1 aromatic carbocycles.